The van der Waals surface area contributed by atoms with Crippen molar-refractivity contribution in [2.45, 2.75) is 26.3 Å². The van der Waals surface area contributed by atoms with Gasteiger partial charge in [0.05, 0.1) is 5.69 Å². The van der Waals surface area contributed by atoms with E-state index in [0.29, 0.717) is 12.5 Å². The van der Waals surface area contributed by atoms with Crippen molar-refractivity contribution in [1.82, 2.24) is 14.8 Å². The minimum Gasteiger partial charge on any atom is -0.326 e. The second kappa shape index (κ2) is 3.62. The number of aromatic nitrogens is 3. The highest BCUT2D eigenvalue weighted by Gasteiger charge is 2.12. The van der Waals surface area contributed by atoms with Gasteiger partial charge in [-0.2, -0.15) is 5.10 Å². The zero-order chi connectivity index (χ0) is 11.0. The van der Waals surface area contributed by atoms with Crippen LogP contribution in [0.3, 0.4) is 0 Å². The van der Waals surface area contributed by atoms with Gasteiger partial charge in [0.15, 0.2) is 5.65 Å². The lowest BCUT2D eigenvalue weighted by Crippen LogP contribution is -1.97. The molecule has 2 aromatic rings. The highest BCUT2D eigenvalue weighted by Crippen LogP contribution is 2.23. The van der Waals surface area contributed by atoms with E-state index >= 15 is 0 Å². The largest absolute Gasteiger partial charge is 0.326 e. The topological polar surface area (TPSA) is 56.7 Å². The van der Waals surface area contributed by atoms with Crippen molar-refractivity contribution in [3.63, 3.8) is 0 Å². The molecule has 0 aliphatic carbocycles. The summed E-state index contributed by atoms with van der Waals surface area (Å²) in [7, 11) is 1.92. The summed E-state index contributed by atoms with van der Waals surface area (Å²) >= 11 is 0. The molecule has 0 unspecified atom stereocenters. The zero-order valence-corrected chi connectivity index (χ0v) is 9.36. The number of hydrogen-bond acceptors (Lipinski definition) is 3. The molecule has 4 heteroatoms. The molecule has 0 aliphatic heterocycles. The van der Waals surface area contributed by atoms with Crippen LogP contribution >= 0.6 is 0 Å². The van der Waals surface area contributed by atoms with Crippen LogP contribution in [0.25, 0.3) is 11.0 Å². The van der Waals surface area contributed by atoms with Crippen LogP contribution in [0, 0.1) is 0 Å². The van der Waals surface area contributed by atoms with Gasteiger partial charge in [-0.3, -0.25) is 4.68 Å². The molecular formula is C11H16N4. The van der Waals surface area contributed by atoms with Crippen LogP contribution < -0.4 is 5.73 Å². The summed E-state index contributed by atoms with van der Waals surface area (Å²) < 4.78 is 1.82. The molecule has 2 N–H and O–H groups in total. The molecule has 0 bridgehead atoms. The van der Waals surface area contributed by atoms with Gasteiger partial charge in [-0.1, -0.05) is 13.8 Å². The third-order valence-electron chi connectivity index (χ3n) is 2.55. The highest BCUT2D eigenvalue weighted by molar-refractivity contribution is 5.79. The lowest BCUT2D eigenvalue weighted by atomic mass is 10.1. The summed E-state index contributed by atoms with van der Waals surface area (Å²) in [6, 6.07) is 2.09. The summed E-state index contributed by atoms with van der Waals surface area (Å²) in [6.45, 7) is 4.79. The minimum absolute atomic E-state index is 0.406. The van der Waals surface area contributed by atoms with E-state index in [1.54, 1.807) is 0 Å². The number of fused-ring (bicyclic) bond motifs is 1. The molecule has 2 aromatic heterocycles. The SMILES string of the molecule is CC(C)c1nn(C)c2ncc(CN)cc12. The normalized spacial score (nSPS) is 11.5. The molecule has 0 spiro atoms. The third-order valence-corrected chi connectivity index (χ3v) is 2.55. The number of hydrogen-bond donors (Lipinski definition) is 1. The number of nitrogens with two attached hydrogens (primary N) is 1. The molecule has 0 atom stereocenters. The smallest absolute Gasteiger partial charge is 0.157 e. The maximum absolute atomic E-state index is 5.61. The summed E-state index contributed by atoms with van der Waals surface area (Å²) in [5.74, 6) is 0.406. The molecule has 0 saturated heterocycles. The van der Waals surface area contributed by atoms with Gasteiger partial charge in [-0.05, 0) is 17.5 Å². The van der Waals surface area contributed by atoms with Gasteiger partial charge in [-0.15, -0.1) is 0 Å². The van der Waals surface area contributed by atoms with Gasteiger partial charge in [0.2, 0.25) is 0 Å². The van der Waals surface area contributed by atoms with Crippen molar-refractivity contribution in [3.05, 3.63) is 23.5 Å². The molecule has 4 nitrogen and oxygen atoms in total. The Hall–Kier alpha value is -1.42. The van der Waals surface area contributed by atoms with E-state index in [0.717, 1.165) is 22.3 Å². The summed E-state index contributed by atoms with van der Waals surface area (Å²) in [6.07, 6.45) is 1.81. The van der Waals surface area contributed by atoms with Crippen molar-refractivity contribution < 1.29 is 0 Å². The first-order valence-corrected chi connectivity index (χ1v) is 5.15. The number of nitrogens with zero attached hydrogens (tertiary/aromatic N) is 3. The Bertz CT molecular complexity index is 485. The Kier molecular flexibility index (Phi) is 2.44. The number of pyridine rings is 1. The highest BCUT2D eigenvalue weighted by atomic mass is 15.3. The van der Waals surface area contributed by atoms with E-state index in [1.807, 2.05) is 17.9 Å². The summed E-state index contributed by atoms with van der Waals surface area (Å²) in [5.41, 5.74) is 8.68. The minimum atomic E-state index is 0.406. The van der Waals surface area contributed by atoms with Crippen molar-refractivity contribution in [2.24, 2.45) is 12.8 Å². The molecule has 0 fully saturated rings. The first kappa shape index (κ1) is 10.1. The predicted octanol–water partition coefficient (Wildman–Crippen LogP) is 1.55. The van der Waals surface area contributed by atoms with Crippen LogP contribution in [0.4, 0.5) is 0 Å². The molecule has 2 heterocycles. The first-order valence-electron chi connectivity index (χ1n) is 5.15. The molecule has 80 valence electrons. The lowest BCUT2D eigenvalue weighted by Gasteiger charge is -2.00. The van der Waals surface area contributed by atoms with E-state index < -0.39 is 0 Å². The molecule has 0 amide bonds. The maximum atomic E-state index is 5.61. The van der Waals surface area contributed by atoms with Gasteiger partial charge in [-0.25, -0.2) is 4.98 Å². The van der Waals surface area contributed by atoms with Crippen LogP contribution in [0.15, 0.2) is 12.3 Å². The molecule has 0 saturated carbocycles. The van der Waals surface area contributed by atoms with Crippen LogP contribution in [0.2, 0.25) is 0 Å². The summed E-state index contributed by atoms with van der Waals surface area (Å²) in [5, 5.41) is 5.60. The van der Waals surface area contributed by atoms with Crippen molar-refractivity contribution in [1.29, 1.82) is 0 Å². The first-order chi connectivity index (χ1) is 7.13. The average Bonchev–Trinajstić information content (AvgIpc) is 2.56. The Morgan fingerprint density at radius 2 is 2.20 bits per heavy atom. The third kappa shape index (κ3) is 1.61. The van der Waals surface area contributed by atoms with E-state index in [-0.39, 0.29) is 0 Å². The van der Waals surface area contributed by atoms with E-state index in [9.17, 15) is 0 Å². The molecule has 0 aromatic carbocycles. The Labute approximate surface area is 89.1 Å². The van der Waals surface area contributed by atoms with E-state index in [2.05, 4.69) is 30.0 Å². The van der Waals surface area contributed by atoms with E-state index in [1.165, 1.54) is 0 Å². The van der Waals surface area contributed by atoms with Crippen LogP contribution in [0.5, 0.6) is 0 Å². The Balaban J connectivity index is 2.71. The van der Waals surface area contributed by atoms with Gasteiger partial charge in [0, 0.05) is 25.2 Å². The second-order valence-corrected chi connectivity index (χ2v) is 4.08. The van der Waals surface area contributed by atoms with Crippen molar-refractivity contribution in [3.8, 4) is 0 Å². The monoisotopic (exact) mass is 204 g/mol. The van der Waals surface area contributed by atoms with Crippen LogP contribution in [0.1, 0.15) is 31.0 Å². The summed E-state index contributed by atoms with van der Waals surface area (Å²) in [4.78, 5) is 4.38. The zero-order valence-electron chi connectivity index (χ0n) is 9.36. The average molecular weight is 204 g/mol. The van der Waals surface area contributed by atoms with Crippen molar-refractivity contribution in [2.75, 3.05) is 0 Å². The predicted molar refractivity (Wildman–Crippen MR) is 60.5 cm³/mol. The van der Waals surface area contributed by atoms with Gasteiger partial charge >= 0.3 is 0 Å². The molecule has 0 radical (unpaired) electrons. The fourth-order valence-corrected chi connectivity index (χ4v) is 1.75. The van der Waals surface area contributed by atoms with Crippen molar-refractivity contribution >= 4 is 11.0 Å². The molecule has 0 aliphatic rings. The van der Waals surface area contributed by atoms with Gasteiger partial charge < -0.3 is 5.73 Å². The Morgan fingerprint density at radius 3 is 2.80 bits per heavy atom. The fourth-order valence-electron chi connectivity index (χ4n) is 1.75. The quantitative estimate of drug-likeness (QED) is 0.807. The van der Waals surface area contributed by atoms with Gasteiger partial charge in [0.1, 0.15) is 0 Å². The number of rotatable bonds is 2. The van der Waals surface area contributed by atoms with Crippen LogP contribution in [-0.2, 0) is 13.6 Å². The Morgan fingerprint density at radius 1 is 1.47 bits per heavy atom. The second-order valence-electron chi connectivity index (χ2n) is 4.08. The fraction of sp³-hybridized carbons (Fsp3) is 0.455. The molecule has 15 heavy (non-hydrogen) atoms. The molecular weight excluding hydrogens is 188 g/mol. The maximum Gasteiger partial charge on any atom is 0.157 e. The van der Waals surface area contributed by atoms with Gasteiger partial charge in [0.25, 0.3) is 0 Å². The lowest BCUT2D eigenvalue weighted by molar-refractivity contribution is 0.724. The standard InChI is InChI=1S/C11H16N4/c1-7(2)10-9-4-8(5-12)6-13-11(9)15(3)14-10/h4,6-7H,5,12H2,1-3H3. The van der Waals surface area contributed by atoms with Crippen LogP contribution in [-0.4, -0.2) is 14.8 Å². The molecule has 2 rings (SSSR count). The number of aryl methyl sites for hydroxylation is 1. The van der Waals surface area contributed by atoms with E-state index in [4.69, 9.17) is 5.73 Å².